The van der Waals surface area contributed by atoms with Gasteiger partial charge in [-0.25, -0.2) is 0 Å². The van der Waals surface area contributed by atoms with Gasteiger partial charge >= 0.3 is 0 Å². The lowest BCUT2D eigenvalue weighted by Crippen LogP contribution is -2.36. The second kappa shape index (κ2) is 5.13. The third kappa shape index (κ3) is 3.44. The highest BCUT2D eigenvalue weighted by atomic mass is 35.5. The lowest BCUT2D eigenvalue weighted by molar-refractivity contribution is 0.158. The van der Waals surface area contributed by atoms with Gasteiger partial charge in [0.2, 0.25) is 0 Å². The van der Waals surface area contributed by atoms with Crippen LogP contribution in [0.25, 0.3) is 0 Å². The van der Waals surface area contributed by atoms with Crippen molar-refractivity contribution >= 4 is 34.6 Å². The summed E-state index contributed by atoms with van der Waals surface area (Å²) in [7, 11) is 1.65. The first-order valence-electron chi connectivity index (χ1n) is 4.87. The van der Waals surface area contributed by atoms with Crippen LogP contribution >= 0.6 is 23.2 Å². The van der Waals surface area contributed by atoms with E-state index < -0.39 is 0 Å². The number of ether oxygens (including phenoxy) is 1. The van der Waals surface area contributed by atoms with Crippen molar-refractivity contribution < 1.29 is 4.74 Å². The number of halogens is 2. The van der Waals surface area contributed by atoms with Crippen LogP contribution < -0.4 is 11.1 Å². The number of rotatable bonds is 4. The van der Waals surface area contributed by atoms with Gasteiger partial charge in [0.1, 0.15) is 0 Å². The summed E-state index contributed by atoms with van der Waals surface area (Å²) in [5, 5.41) is 4.19. The zero-order chi connectivity index (χ0) is 12.3. The molecule has 5 heteroatoms. The Morgan fingerprint density at radius 3 is 2.44 bits per heavy atom. The van der Waals surface area contributed by atoms with E-state index in [2.05, 4.69) is 5.32 Å². The van der Waals surface area contributed by atoms with E-state index in [0.717, 1.165) is 5.69 Å². The van der Waals surface area contributed by atoms with Crippen molar-refractivity contribution in [3.05, 3.63) is 22.2 Å². The van der Waals surface area contributed by atoms with Gasteiger partial charge in [-0.05, 0) is 26.0 Å². The first-order chi connectivity index (χ1) is 7.35. The van der Waals surface area contributed by atoms with Gasteiger partial charge in [-0.3, -0.25) is 0 Å². The molecule has 0 amide bonds. The molecule has 0 heterocycles. The molecule has 0 unspecified atom stereocenters. The highest BCUT2D eigenvalue weighted by molar-refractivity contribution is 6.42. The van der Waals surface area contributed by atoms with Gasteiger partial charge in [-0.1, -0.05) is 23.2 Å². The number of nitrogens with one attached hydrogen (secondary N) is 1. The van der Waals surface area contributed by atoms with Crippen LogP contribution in [-0.2, 0) is 4.74 Å². The molecule has 1 aromatic carbocycles. The van der Waals surface area contributed by atoms with Crippen LogP contribution in [0.5, 0.6) is 0 Å². The molecule has 0 radical (unpaired) electrons. The Labute approximate surface area is 106 Å². The first-order valence-corrected chi connectivity index (χ1v) is 5.63. The molecule has 0 aliphatic heterocycles. The molecule has 3 nitrogen and oxygen atoms in total. The van der Waals surface area contributed by atoms with E-state index in [4.69, 9.17) is 33.7 Å². The molecule has 0 spiro atoms. The minimum atomic E-state index is -0.222. The fourth-order valence-electron chi connectivity index (χ4n) is 1.43. The maximum Gasteiger partial charge on any atom is 0.0687 e. The standard InChI is InChI=1S/C11H16Cl2N2O/c1-11(2,6-16-3)15-10-5-8(13)7(12)4-9(10)14/h4-5,15H,6,14H2,1-3H3. The predicted molar refractivity (Wildman–Crippen MR) is 70.5 cm³/mol. The summed E-state index contributed by atoms with van der Waals surface area (Å²) >= 11 is 11.8. The number of hydrogen-bond acceptors (Lipinski definition) is 3. The molecule has 0 fully saturated rings. The van der Waals surface area contributed by atoms with Crippen LogP contribution in [0.1, 0.15) is 13.8 Å². The van der Waals surface area contributed by atoms with E-state index in [0.29, 0.717) is 22.3 Å². The van der Waals surface area contributed by atoms with Crippen molar-refractivity contribution in [2.24, 2.45) is 0 Å². The van der Waals surface area contributed by atoms with E-state index in [1.807, 2.05) is 13.8 Å². The Bertz CT molecular complexity index is 380. The fraction of sp³-hybridized carbons (Fsp3) is 0.455. The van der Waals surface area contributed by atoms with Crippen LogP contribution in [0.15, 0.2) is 12.1 Å². The van der Waals surface area contributed by atoms with Crippen molar-refractivity contribution in [3.63, 3.8) is 0 Å². The average Bonchev–Trinajstić information content (AvgIpc) is 2.13. The molecule has 3 N–H and O–H groups in total. The molecular weight excluding hydrogens is 247 g/mol. The fourth-order valence-corrected chi connectivity index (χ4v) is 1.77. The lowest BCUT2D eigenvalue weighted by atomic mass is 10.1. The minimum Gasteiger partial charge on any atom is -0.397 e. The van der Waals surface area contributed by atoms with Gasteiger partial charge in [-0.15, -0.1) is 0 Å². The van der Waals surface area contributed by atoms with Crippen LogP contribution in [0.3, 0.4) is 0 Å². The Morgan fingerprint density at radius 1 is 1.31 bits per heavy atom. The van der Waals surface area contributed by atoms with Crippen molar-refractivity contribution in [2.75, 3.05) is 24.8 Å². The molecule has 0 aliphatic rings. The molecule has 16 heavy (non-hydrogen) atoms. The maximum absolute atomic E-state index is 5.93. The Morgan fingerprint density at radius 2 is 1.88 bits per heavy atom. The summed E-state index contributed by atoms with van der Waals surface area (Å²) in [6.45, 7) is 4.59. The quantitative estimate of drug-likeness (QED) is 0.818. The average molecular weight is 263 g/mol. The maximum atomic E-state index is 5.93. The normalized spacial score (nSPS) is 11.6. The van der Waals surface area contributed by atoms with Gasteiger partial charge in [0.15, 0.2) is 0 Å². The summed E-state index contributed by atoms with van der Waals surface area (Å²) in [6.07, 6.45) is 0. The molecule has 0 aromatic heterocycles. The Kier molecular flexibility index (Phi) is 4.30. The minimum absolute atomic E-state index is 0.222. The van der Waals surface area contributed by atoms with Gasteiger partial charge in [0.25, 0.3) is 0 Å². The molecule has 1 aromatic rings. The largest absolute Gasteiger partial charge is 0.397 e. The van der Waals surface area contributed by atoms with E-state index in [9.17, 15) is 0 Å². The first kappa shape index (κ1) is 13.4. The zero-order valence-electron chi connectivity index (χ0n) is 9.60. The second-order valence-electron chi connectivity index (χ2n) is 4.30. The Balaban J connectivity index is 2.93. The third-order valence-electron chi connectivity index (χ3n) is 2.07. The van der Waals surface area contributed by atoms with Crippen LogP contribution in [0, 0.1) is 0 Å². The molecule has 0 atom stereocenters. The molecule has 90 valence electrons. The predicted octanol–water partition coefficient (Wildman–Crippen LogP) is 3.41. The SMILES string of the molecule is COCC(C)(C)Nc1cc(Cl)c(Cl)cc1N. The van der Waals surface area contributed by atoms with Gasteiger partial charge in [0, 0.05) is 7.11 Å². The number of methoxy groups -OCH3 is 1. The van der Waals surface area contributed by atoms with Crippen molar-refractivity contribution in [3.8, 4) is 0 Å². The number of anilines is 2. The summed E-state index contributed by atoms with van der Waals surface area (Å²) in [4.78, 5) is 0. The number of hydrogen-bond donors (Lipinski definition) is 2. The van der Waals surface area contributed by atoms with Crippen molar-refractivity contribution in [1.29, 1.82) is 0 Å². The highest BCUT2D eigenvalue weighted by Gasteiger charge is 2.18. The smallest absolute Gasteiger partial charge is 0.0687 e. The molecular formula is C11H16Cl2N2O. The van der Waals surface area contributed by atoms with Gasteiger partial charge < -0.3 is 15.8 Å². The van der Waals surface area contributed by atoms with Crippen molar-refractivity contribution in [1.82, 2.24) is 0 Å². The topological polar surface area (TPSA) is 47.3 Å². The summed E-state index contributed by atoms with van der Waals surface area (Å²) in [5.74, 6) is 0. The number of nitrogens with two attached hydrogens (primary N) is 1. The van der Waals surface area contributed by atoms with Crippen LogP contribution in [-0.4, -0.2) is 19.3 Å². The molecule has 1 rings (SSSR count). The van der Waals surface area contributed by atoms with Gasteiger partial charge in [-0.2, -0.15) is 0 Å². The molecule has 0 aliphatic carbocycles. The lowest BCUT2D eigenvalue weighted by Gasteiger charge is -2.27. The summed E-state index contributed by atoms with van der Waals surface area (Å²) in [6, 6.07) is 3.35. The van der Waals surface area contributed by atoms with Crippen LogP contribution in [0.4, 0.5) is 11.4 Å². The highest BCUT2D eigenvalue weighted by Crippen LogP contribution is 2.32. The van der Waals surface area contributed by atoms with E-state index in [1.54, 1.807) is 19.2 Å². The van der Waals surface area contributed by atoms with Crippen molar-refractivity contribution in [2.45, 2.75) is 19.4 Å². The molecule has 0 saturated heterocycles. The van der Waals surface area contributed by atoms with E-state index in [-0.39, 0.29) is 5.54 Å². The molecule has 0 bridgehead atoms. The second-order valence-corrected chi connectivity index (χ2v) is 5.11. The number of benzene rings is 1. The van der Waals surface area contributed by atoms with E-state index >= 15 is 0 Å². The zero-order valence-corrected chi connectivity index (χ0v) is 11.1. The number of nitrogen functional groups attached to an aromatic ring is 1. The summed E-state index contributed by atoms with van der Waals surface area (Å²) in [5.41, 5.74) is 6.95. The Hall–Kier alpha value is -0.640. The summed E-state index contributed by atoms with van der Waals surface area (Å²) < 4.78 is 5.11. The van der Waals surface area contributed by atoms with E-state index in [1.165, 1.54) is 0 Å². The van der Waals surface area contributed by atoms with Gasteiger partial charge in [0.05, 0.1) is 33.6 Å². The van der Waals surface area contributed by atoms with Crippen LogP contribution in [0.2, 0.25) is 10.0 Å². The monoisotopic (exact) mass is 262 g/mol. The molecule has 0 saturated carbocycles. The third-order valence-corrected chi connectivity index (χ3v) is 2.79.